The zero-order chi connectivity index (χ0) is 13.3. The first kappa shape index (κ1) is 13.1. The highest BCUT2D eigenvalue weighted by Gasteiger charge is 2.14. The van der Waals surface area contributed by atoms with Gasteiger partial charge in [-0.1, -0.05) is 41.9 Å². The minimum absolute atomic E-state index is 0.121. The minimum Gasteiger partial charge on any atom is -0.320 e. The number of benzene rings is 2. The highest BCUT2D eigenvalue weighted by molar-refractivity contribution is 6.31. The zero-order valence-electron chi connectivity index (χ0n) is 11.0. The van der Waals surface area contributed by atoms with Crippen LogP contribution in [0.25, 0.3) is 0 Å². The number of halogens is 1. The van der Waals surface area contributed by atoms with E-state index in [0.29, 0.717) is 0 Å². The van der Waals surface area contributed by atoms with Gasteiger partial charge in [-0.2, -0.15) is 0 Å². The molecule has 0 spiro atoms. The van der Waals surface area contributed by atoms with Crippen molar-refractivity contribution < 1.29 is 0 Å². The summed E-state index contributed by atoms with van der Waals surface area (Å²) >= 11 is 6.17. The lowest BCUT2D eigenvalue weighted by atomic mass is 9.92. The number of rotatable bonds is 2. The summed E-state index contributed by atoms with van der Waals surface area (Å²) in [5, 5.41) is 0.772. The Morgan fingerprint density at radius 3 is 2.11 bits per heavy atom. The number of aryl methyl sites for hydroxylation is 3. The van der Waals surface area contributed by atoms with Crippen LogP contribution in [0, 0.1) is 20.8 Å². The van der Waals surface area contributed by atoms with Crippen LogP contribution in [-0.2, 0) is 0 Å². The molecule has 0 aromatic heterocycles. The standard InChI is InChI=1S/C16H18ClN/c1-10-7-8-13(9-14(10)17)16(18)15-11(2)5-4-6-12(15)3/h4-9,16H,18H2,1-3H3. The molecule has 0 saturated heterocycles. The molecule has 1 unspecified atom stereocenters. The Balaban J connectivity index is 2.48. The van der Waals surface area contributed by atoms with E-state index in [9.17, 15) is 0 Å². The van der Waals surface area contributed by atoms with Crippen molar-refractivity contribution in [3.05, 3.63) is 69.2 Å². The van der Waals surface area contributed by atoms with Crippen LogP contribution in [0.5, 0.6) is 0 Å². The summed E-state index contributed by atoms with van der Waals surface area (Å²) in [5.74, 6) is 0. The first-order valence-electron chi connectivity index (χ1n) is 6.08. The molecule has 2 heteroatoms. The molecule has 2 N–H and O–H groups in total. The van der Waals surface area contributed by atoms with Crippen molar-refractivity contribution in [3.63, 3.8) is 0 Å². The molecular formula is C16H18ClN. The van der Waals surface area contributed by atoms with Crippen LogP contribution in [0.1, 0.15) is 33.9 Å². The van der Waals surface area contributed by atoms with Crippen LogP contribution in [0.4, 0.5) is 0 Å². The van der Waals surface area contributed by atoms with Crippen LogP contribution in [0.3, 0.4) is 0 Å². The molecule has 1 nitrogen and oxygen atoms in total. The maximum absolute atomic E-state index is 6.38. The van der Waals surface area contributed by atoms with Gasteiger partial charge in [-0.25, -0.2) is 0 Å². The molecule has 1 atom stereocenters. The fourth-order valence-electron chi connectivity index (χ4n) is 2.29. The van der Waals surface area contributed by atoms with Crippen molar-refractivity contribution in [2.45, 2.75) is 26.8 Å². The molecule has 0 heterocycles. The SMILES string of the molecule is Cc1ccc(C(N)c2c(C)cccc2C)cc1Cl. The Hall–Kier alpha value is -1.31. The molecule has 0 radical (unpaired) electrons. The lowest BCUT2D eigenvalue weighted by molar-refractivity contribution is 0.851. The number of hydrogen-bond acceptors (Lipinski definition) is 1. The second kappa shape index (κ2) is 5.13. The van der Waals surface area contributed by atoms with Gasteiger partial charge in [0, 0.05) is 5.02 Å². The topological polar surface area (TPSA) is 26.0 Å². The summed E-state index contributed by atoms with van der Waals surface area (Å²) < 4.78 is 0. The zero-order valence-corrected chi connectivity index (χ0v) is 11.8. The van der Waals surface area contributed by atoms with Gasteiger partial charge >= 0.3 is 0 Å². The van der Waals surface area contributed by atoms with Gasteiger partial charge in [0.25, 0.3) is 0 Å². The molecule has 0 aliphatic rings. The predicted molar refractivity (Wildman–Crippen MR) is 78.1 cm³/mol. The monoisotopic (exact) mass is 259 g/mol. The van der Waals surface area contributed by atoms with E-state index in [1.54, 1.807) is 0 Å². The molecule has 2 rings (SSSR count). The smallest absolute Gasteiger partial charge is 0.0557 e. The molecule has 0 aliphatic carbocycles. The molecule has 0 saturated carbocycles. The lowest BCUT2D eigenvalue weighted by Crippen LogP contribution is -2.14. The van der Waals surface area contributed by atoms with Crippen LogP contribution in [0.2, 0.25) is 5.02 Å². The third-order valence-electron chi connectivity index (χ3n) is 3.41. The van der Waals surface area contributed by atoms with Gasteiger partial charge in [-0.3, -0.25) is 0 Å². The van der Waals surface area contributed by atoms with Crippen molar-refractivity contribution in [3.8, 4) is 0 Å². The average Bonchev–Trinajstić information content (AvgIpc) is 2.32. The molecule has 94 valence electrons. The summed E-state index contributed by atoms with van der Waals surface area (Å²) in [6.45, 7) is 6.19. The van der Waals surface area contributed by atoms with E-state index < -0.39 is 0 Å². The normalized spacial score (nSPS) is 12.5. The Bertz CT molecular complexity index is 555. The van der Waals surface area contributed by atoms with E-state index >= 15 is 0 Å². The van der Waals surface area contributed by atoms with Crippen LogP contribution >= 0.6 is 11.6 Å². The van der Waals surface area contributed by atoms with E-state index in [1.807, 2.05) is 19.1 Å². The Morgan fingerprint density at radius 2 is 1.56 bits per heavy atom. The van der Waals surface area contributed by atoms with Gasteiger partial charge in [-0.05, 0) is 54.7 Å². The molecule has 2 aromatic carbocycles. The van der Waals surface area contributed by atoms with E-state index in [-0.39, 0.29) is 6.04 Å². The van der Waals surface area contributed by atoms with Crippen LogP contribution < -0.4 is 5.73 Å². The second-order valence-corrected chi connectivity index (χ2v) is 5.20. The number of nitrogens with two attached hydrogens (primary N) is 1. The van der Waals surface area contributed by atoms with E-state index in [0.717, 1.165) is 16.1 Å². The van der Waals surface area contributed by atoms with E-state index in [1.165, 1.54) is 16.7 Å². The highest BCUT2D eigenvalue weighted by Crippen LogP contribution is 2.28. The third-order valence-corrected chi connectivity index (χ3v) is 3.82. The molecule has 18 heavy (non-hydrogen) atoms. The van der Waals surface area contributed by atoms with Gasteiger partial charge in [0.2, 0.25) is 0 Å². The van der Waals surface area contributed by atoms with Crippen LogP contribution in [0.15, 0.2) is 36.4 Å². The molecular weight excluding hydrogens is 242 g/mol. The Labute approximate surface area is 114 Å². The summed E-state index contributed by atoms with van der Waals surface area (Å²) in [5.41, 5.74) is 12.1. The summed E-state index contributed by atoms with van der Waals surface area (Å²) in [6, 6.07) is 12.2. The molecule has 0 fully saturated rings. The molecule has 2 aromatic rings. The van der Waals surface area contributed by atoms with Crippen molar-refractivity contribution in [2.24, 2.45) is 5.73 Å². The van der Waals surface area contributed by atoms with Crippen molar-refractivity contribution in [1.82, 2.24) is 0 Å². The fourth-order valence-corrected chi connectivity index (χ4v) is 2.48. The first-order valence-corrected chi connectivity index (χ1v) is 6.46. The number of hydrogen-bond donors (Lipinski definition) is 1. The summed E-state index contributed by atoms with van der Waals surface area (Å²) in [6.07, 6.45) is 0. The second-order valence-electron chi connectivity index (χ2n) is 4.79. The quantitative estimate of drug-likeness (QED) is 0.854. The van der Waals surface area contributed by atoms with Gasteiger partial charge in [0.1, 0.15) is 0 Å². The highest BCUT2D eigenvalue weighted by atomic mass is 35.5. The van der Waals surface area contributed by atoms with Crippen LogP contribution in [-0.4, -0.2) is 0 Å². The maximum atomic E-state index is 6.38. The van der Waals surface area contributed by atoms with Crippen molar-refractivity contribution in [1.29, 1.82) is 0 Å². The van der Waals surface area contributed by atoms with Gasteiger partial charge in [0.05, 0.1) is 6.04 Å². The third kappa shape index (κ3) is 2.43. The predicted octanol–water partition coefficient (Wildman–Crippen LogP) is 4.31. The first-order chi connectivity index (χ1) is 8.50. The minimum atomic E-state index is -0.121. The fraction of sp³-hybridized carbons (Fsp3) is 0.250. The van der Waals surface area contributed by atoms with E-state index in [4.69, 9.17) is 17.3 Å². The van der Waals surface area contributed by atoms with E-state index in [2.05, 4.69) is 38.1 Å². The van der Waals surface area contributed by atoms with Crippen molar-refractivity contribution >= 4 is 11.6 Å². The van der Waals surface area contributed by atoms with Crippen molar-refractivity contribution in [2.75, 3.05) is 0 Å². The maximum Gasteiger partial charge on any atom is 0.0557 e. The Morgan fingerprint density at radius 1 is 0.944 bits per heavy atom. The summed E-state index contributed by atoms with van der Waals surface area (Å²) in [4.78, 5) is 0. The Kier molecular flexibility index (Phi) is 3.74. The average molecular weight is 260 g/mol. The molecule has 0 bridgehead atoms. The summed E-state index contributed by atoms with van der Waals surface area (Å²) in [7, 11) is 0. The van der Waals surface area contributed by atoms with Gasteiger partial charge < -0.3 is 5.73 Å². The van der Waals surface area contributed by atoms with Gasteiger partial charge in [0.15, 0.2) is 0 Å². The largest absolute Gasteiger partial charge is 0.320 e. The lowest BCUT2D eigenvalue weighted by Gasteiger charge is -2.18. The molecule has 0 amide bonds. The van der Waals surface area contributed by atoms with Gasteiger partial charge in [-0.15, -0.1) is 0 Å². The molecule has 0 aliphatic heterocycles.